The minimum absolute atomic E-state index is 0.553. The molecule has 0 aromatic rings. The molecule has 2 fully saturated rings. The van der Waals surface area contributed by atoms with Crippen LogP contribution in [0.1, 0.15) is 79.1 Å². The van der Waals surface area contributed by atoms with Crippen LogP contribution in [0, 0.1) is 10.8 Å². The SMILES string of the molecule is CC(C)NCC1(CN2CCCC(C)(C)CC2)CCCCC1. The van der Waals surface area contributed by atoms with Crippen molar-refractivity contribution in [1.29, 1.82) is 0 Å². The van der Waals surface area contributed by atoms with E-state index in [1.165, 1.54) is 77.5 Å². The van der Waals surface area contributed by atoms with Gasteiger partial charge in [0, 0.05) is 19.1 Å². The van der Waals surface area contributed by atoms with Crippen molar-refractivity contribution in [3.8, 4) is 0 Å². The molecular formula is C19H38N2. The van der Waals surface area contributed by atoms with Gasteiger partial charge in [0.2, 0.25) is 0 Å². The van der Waals surface area contributed by atoms with E-state index in [4.69, 9.17) is 0 Å². The Morgan fingerprint density at radius 2 is 1.62 bits per heavy atom. The Morgan fingerprint density at radius 3 is 2.29 bits per heavy atom. The zero-order valence-corrected chi connectivity index (χ0v) is 15.0. The molecule has 1 saturated carbocycles. The van der Waals surface area contributed by atoms with E-state index >= 15 is 0 Å². The summed E-state index contributed by atoms with van der Waals surface area (Å²) in [6, 6.07) is 0.617. The largest absolute Gasteiger partial charge is 0.314 e. The smallest absolute Gasteiger partial charge is 0.00501 e. The van der Waals surface area contributed by atoms with Crippen LogP contribution in [-0.2, 0) is 0 Å². The highest BCUT2D eigenvalue weighted by molar-refractivity contribution is 4.89. The fourth-order valence-electron chi connectivity index (χ4n) is 4.22. The van der Waals surface area contributed by atoms with E-state index in [1.807, 2.05) is 0 Å². The van der Waals surface area contributed by atoms with Gasteiger partial charge in [-0.15, -0.1) is 0 Å². The first kappa shape index (κ1) is 17.3. The van der Waals surface area contributed by atoms with Crippen molar-refractivity contribution in [2.24, 2.45) is 10.8 Å². The predicted molar refractivity (Wildman–Crippen MR) is 92.7 cm³/mol. The van der Waals surface area contributed by atoms with Crippen LogP contribution >= 0.6 is 0 Å². The molecule has 1 aliphatic carbocycles. The summed E-state index contributed by atoms with van der Waals surface area (Å²) in [6.07, 6.45) is 11.4. The first-order valence-corrected chi connectivity index (χ1v) is 9.37. The van der Waals surface area contributed by atoms with Gasteiger partial charge in [0.05, 0.1) is 0 Å². The molecule has 0 atom stereocenters. The van der Waals surface area contributed by atoms with Gasteiger partial charge in [-0.3, -0.25) is 0 Å². The molecule has 2 heteroatoms. The van der Waals surface area contributed by atoms with Crippen LogP contribution in [0.3, 0.4) is 0 Å². The van der Waals surface area contributed by atoms with Crippen LogP contribution in [0.25, 0.3) is 0 Å². The van der Waals surface area contributed by atoms with E-state index in [0.717, 1.165) is 0 Å². The first-order valence-electron chi connectivity index (χ1n) is 9.37. The lowest BCUT2D eigenvalue weighted by atomic mass is 9.73. The van der Waals surface area contributed by atoms with Crippen molar-refractivity contribution in [2.75, 3.05) is 26.2 Å². The highest BCUT2D eigenvalue weighted by Crippen LogP contribution is 2.38. The van der Waals surface area contributed by atoms with E-state index in [1.54, 1.807) is 0 Å². The number of nitrogens with zero attached hydrogens (tertiary/aromatic N) is 1. The quantitative estimate of drug-likeness (QED) is 0.806. The molecule has 1 aliphatic heterocycles. The summed E-state index contributed by atoms with van der Waals surface area (Å²) >= 11 is 0. The van der Waals surface area contributed by atoms with Gasteiger partial charge in [0.15, 0.2) is 0 Å². The molecule has 124 valence electrons. The van der Waals surface area contributed by atoms with Crippen molar-refractivity contribution in [3.05, 3.63) is 0 Å². The Hall–Kier alpha value is -0.0800. The summed E-state index contributed by atoms with van der Waals surface area (Å²) in [5.41, 5.74) is 1.11. The normalized spacial score (nSPS) is 26.7. The van der Waals surface area contributed by atoms with Gasteiger partial charge in [-0.25, -0.2) is 0 Å². The van der Waals surface area contributed by atoms with E-state index in [9.17, 15) is 0 Å². The van der Waals surface area contributed by atoms with E-state index < -0.39 is 0 Å². The van der Waals surface area contributed by atoms with Crippen molar-refractivity contribution in [2.45, 2.75) is 85.1 Å². The molecule has 1 N–H and O–H groups in total. The minimum atomic E-state index is 0.553. The summed E-state index contributed by atoms with van der Waals surface area (Å²) < 4.78 is 0. The molecule has 0 aromatic heterocycles. The van der Waals surface area contributed by atoms with Crippen LogP contribution in [-0.4, -0.2) is 37.1 Å². The maximum Gasteiger partial charge on any atom is 0.00501 e. The molecule has 0 aromatic carbocycles. The van der Waals surface area contributed by atoms with Crippen molar-refractivity contribution < 1.29 is 0 Å². The standard InChI is InChI=1S/C19H38N2/c1-17(2)20-15-19(10-6-5-7-11-19)16-21-13-8-9-18(3,4)12-14-21/h17,20H,5-16H2,1-4H3. The zero-order chi connectivity index (χ0) is 15.3. The second-order valence-electron chi connectivity index (χ2n) is 8.89. The summed E-state index contributed by atoms with van der Waals surface area (Å²) in [5.74, 6) is 0. The third kappa shape index (κ3) is 5.56. The Labute approximate surface area is 133 Å². The Balaban J connectivity index is 1.94. The summed E-state index contributed by atoms with van der Waals surface area (Å²) in [4.78, 5) is 2.79. The second kappa shape index (κ2) is 7.46. The third-order valence-corrected chi connectivity index (χ3v) is 5.79. The zero-order valence-electron chi connectivity index (χ0n) is 15.0. The molecule has 21 heavy (non-hydrogen) atoms. The predicted octanol–water partition coefficient (Wildman–Crippen LogP) is 4.45. The van der Waals surface area contributed by atoms with Crippen molar-refractivity contribution in [3.63, 3.8) is 0 Å². The highest BCUT2D eigenvalue weighted by atomic mass is 15.1. The monoisotopic (exact) mass is 294 g/mol. The lowest BCUT2D eigenvalue weighted by Crippen LogP contribution is -2.47. The van der Waals surface area contributed by atoms with E-state index in [-0.39, 0.29) is 0 Å². The molecule has 2 rings (SSSR count). The maximum absolute atomic E-state index is 3.75. The number of hydrogen-bond donors (Lipinski definition) is 1. The summed E-state index contributed by atoms with van der Waals surface area (Å²) in [7, 11) is 0. The van der Waals surface area contributed by atoms with Crippen LogP contribution in [0.2, 0.25) is 0 Å². The van der Waals surface area contributed by atoms with Crippen molar-refractivity contribution in [1.82, 2.24) is 10.2 Å². The Kier molecular flexibility index (Phi) is 6.14. The molecular weight excluding hydrogens is 256 g/mol. The molecule has 1 heterocycles. The lowest BCUT2D eigenvalue weighted by molar-refractivity contribution is 0.1000. The van der Waals surface area contributed by atoms with E-state index in [2.05, 4.69) is 37.9 Å². The third-order valence-electron chi connectivity index (χ3n) is 5.79. The summed E-state index contributed by atoms with van der Waals surface area (Å²) in [5, 5.41) is 3.75. The van der Waals surface area contributed by atoms with Crippen LogP contribution < -0.4 is 5.32 Å². The molecule has 1 saturated heterocycles. The summed E-state index contributed by atoms with van der Waals surface area (Å²) in [6.45, 7) is 14.7. The minimum Gasteiger partial charge on any atom is -0.314 e. The molecule has 2 nitrogen and oxygen atoms in total. The van der Waals surface area contributed by atoms with Crippen LogP contribution in [0.4, 0.5) is 0 Å². The molecule has 2 aliphatic rings. The molecule has 0 radical (unpaired) electrons. The number of rotatable bonds is 5. The van der Waals surface area contributed by atoms with Crippen LogP contribution in [0.15, 0.2) is 0 Å². The highest BCUT2D eigenvalue weighted by Gasteiger charge is 2.35. The molecule has 0 unspecified atom stereocenters. The van der Waals surface area contributed by atoms with Gasteiger partial charge < -0.3 is 10.2 Å². The Morgan fingerprint density at radius 1 is 0.905 bits per heavy atom. The fourth-order valence-corrected chi connectivity index (χ4v) is 4.22. The second-order valence-corrected chi connectivity index (χ2v) is 8.89. The average molecular weight is 295 g/mol. The fraction of sp³-hybridized carbons (Fsp3) is 1.00. The van der Waals surface area contributed by atoms with Gasteiger partial charge >= 0.3 is 0 Å². The molecule has 0 spiro atoms. The van der Waals surface area contributed by atoms with Gasteiger partial charge in [0.1, 0.15) is 0 Å². The van der Waals surface area contributed by atoms with Crippen LogP contribution in [0.5, 0.6) is 0 Å². The molecule has 0 amide bonds. The topological polar surface area (TPSA) is 15.3 Å². The maximum atomic E-state index is 3.75. The van der Waals surface area contributed by atoms with Gasteiger partial charge in [0.25, 0.3) is 0 Å². The Bertz CT molecular complexity index is 303. The van der Waals surface area contributed by atoms with Crippen molar-refractivity contribution >= 4 is 0 Å². The first-order chi connectivity index (χ1) is 9.91. The number of nitrogens with one attached hydrogen (secondary N) is 1. The number of hydrogen-bond acceptors (Lipinski definition) is 2. The van der Waals surface area contributed by atoms with E-state index in [0.29, 0.717) is 16.9 Å². The van der Waals surface area contributed by atoms with Gasteiger partial charge in [-0.2, -0.15) is 0 Å². The van der Waals surface area contributed by atoms with Gasteiger partial charge in [-0.05, 0) is 56.0 Å². The average Bonchev–Trinajstić information content (AvgIpc) is 2.59. The lowest BCUT2D eigenvalue weighted by Gasteiger charge is -2.42. The number of likely N-dealkylation sites (tertiary alicyclic amines) is 1. The van der Waals surface area contributed by atoms with Gasteiger partial charge in [-0.1, -0.05) is 47.0 Å². The molecule has 0 bridgehead atoms.